The maximum Gasteiger partial charge on any atom is 0.293 e. The van der Waals surface area contributed by atoms with Crippen molar-refractivity contribution in [1.82, 2.24) is 0 Å². The molecule has 6 nitrogen and oxygen atoms in total. The lowest BCUT2D eigenvalue weighted by Crippen LogP contribution is -2.17. The quantitative estimate of drug-likeness (QED) is 0.468. The zero-order valence-corrected chi connectivity index (χ0v) is 9.84. The van der Waals surface area contributed by atoms with Gasteiger partial charge in [0.05, 0.1) is 11.0 Å². The molecular weight excluding hydrogens is 234 g/mol. The van der Waals surface area contributed by atoms with Crippen molar-refractivity contribution in [1.29, 1.82) is 0 Å². The third-order valence-corrected chi connectivity index (χ3v) is 2.42. The average molecular weight is 247 g/mol. The van der Waals surface area contributed by atoms with Crippen LogP contribution >= 0.6 is 0 Å². The molecule has 0 spiro atoms. The molecule has 0 aromatic heterocycles. The van der Waals surface area contributed by atoms with E-state index < -0.39 is 10.8 Å². The molecule has 1 rings (SSSR count). The van der Waals surface area contributed by atoms with Gasteiger partial charge in [-0.2, -0.15) is 0 Å². The zero-order chi connectivity index (χ0) is 13.7. The van der Waals surface area contributed by atoms with Crippen LogP contribution in [-0.4, -0.2) is 16.9 Å². The van der Waals surface area contributed by atoms with E-state index in [-0.39, 0.29) is 23.0 Å². The van der Waals surface area contributed by atoms with Crippen LogP contribution in [0, 0.1) is 22.5 Å². The molecule has 1 atom stereocenters. The Morgan fingerprint density at radius 1 is 1.67 bits per heavy atom. The van der Waals surface area contributed by atoms with E-state index in [9.17, 15) is 14.9 Å². The lowest BCUT2D eigenvalue weighted by Gasteiger charge is -2.12. The zero-order valence-electron chi connectivity index (χ0n) is 9.84. The molecular formula is C12H13N3O3. The van der Waals surface area contributed by atoms with Crippen molar-refractivity contribution < 1.29 is 9.72 Å². The second-order valence-electron chi connectivity index (χ2n) is 3.63. The number of primary amides is 1. The third-order valence-electron chi connectivity index (χ3n) is 2.42. The highest BCUT2D eigenvalue weighted by Gasteiger charge is 2.17. The Bertz CT molecular complexity index is 520. The molecule has 94 valence electrons. The van der Waals surface area contributed by atoms with Gasteiger partial charge in [0.15, 0.2) is 0 Å². The molecule has 0 radical (unpaired) electrons. The van der Waals surface area contributed by atoms with E-state index >= 15 is 0 Å². The number of nitro benzene ring substituents is 1. The number of nitrogens with zero attached hydrogens (tertiary/aromatic N) is 1. The number of amides is 1. The van der Waals surface area contributed by atoms with Crippen LogP contribution in [0.2, 0.25) is 0 Å². The first kappa shape index (κ1) is 13.5. The summed E-state index contributed by atoms with van der Waals surface area (Å²) in [7, 11) is 0. The van der Waals surface area contributed by atoms with Gasteiger partial charge in [-0.15, -0.1) is 6.42 Å². The van der Waals surface area contributed by atoms with E-state index in [1.165, 1.54) is 12.1 Å². The van der Waals surface area contributed by atoms with E-state index in [0.29, 0.717) is 6.42 Å². The van der Waals surface area contributed by atoms with Crippen molar-refractivity contribution in [2.75, 3.05) is 5.32 Å². The predicted octanol–water partition coefficient (Wildman–Crippen LogP) is 1.52. The summed E-state index contributed by atoms with van der Waals surface area (Å²) >= 11 is 0. The standard InChI is InChI=1S/C12H13N3O3/c1-3-9(4-2)14-10-6-5-8(12(13)16)7-11(10)15(17)18/h1,5-7,9,14H,4H2,2H3,(H2,13,16). The molecule has 6 heteroatoms. The van der Waals surface area contributed by atoms with Gasteiger partial charge in [0.1, 0.15) is 5.69 Å². The van der Waals surface area contributed by atoms with E-state index in [2.05, 4.69) is 11.2 Å². The smallest absolute Gasteiger partial charge is 0.293 e. The Labute approximate surface area is 104 Å². The third kappa shape index (κ3) is 2.98. The Kier molecular flexibility index (Phi) is 4.27. The Hall–Kier alpha value is -2.55. The van der Waals surface area contributed by atoms with Gasteiger partial charge in [-0.3, -0.25) is 14.9 Å². The number of carbonyl (C=O) groups excluding carboxylic acids is 1. The highest BCUT2D eigenvalue weighted by Crippen LogP contribution is 2.26. The summed E-state index contributed by atoms with van der Waals surface area (Å²) in [4.78, 5) is 21.3. The summed E-state index contributed by atoms with van der Waals surface area (Å²) < 4.78 is 0. The topological polar surface area (TPSA) is 98.3 Å². The monoisotopic (exact) mass is 247 g/mol. The van der Waals surface area contributed by atoms with Crippen molar-refractivity contribution in [2.24, 2.45) is 5.73 Å². The van der Waals surface area contributed by atoms with Gasteiger partial charge in [0, 0.05) is 11.6 Å². The first-order chi connectivity index (χ1) is 8.49. The largest absolute Gasteiger partial charge is 0.366 e. The summed E-state index contributed by atoms with van der Waals surface area (Å²) in [6, 6.07) is 3.68. The van der Waals surface area contributed by atoms with Gasteiger partial charge in [-0.25, -0.2) is 0 Å². The molecule has 3 N–H and O–H groups in total. The lowest BCUT2D eigenvalue weighted by molar-refractivity contribution is -0.384. The minimum atomic E-state index is -0.714. The number of hydrogen-bond donors (Lipinski definition) is 2. The Morgan fingerprint density at radius 2 is 2.33 bits per heavy atom. The van der Waals surface area contributed by atoms with Crippen LogP contribution in [0.3, 0.4) is 0 Å². The van der Waals surface area contributed by atoms with Crippen LogP contribution in [0.1, 0.15) is 23.7 Å². The number of nitro groups is 1. The molecule has 0 fully saturated rings. The minimum absolute atomic E-state index is 0.0843. The van der Waals surface area contributed by atoms with Gasteiger partial charge in [-0.1, -0.05) is 12.8 Å². The molecule has 1 aromatic carbocycles. The number of carbonyl (C=O) groups is 1. The van der Waals surface area contributed by atoms with E-state index in [0.717, 1.165) is 6.07 Å². The maximum absolute atomic E-state index is 11.0. The molecule has 0 aliphatic carbocycles. The first-order valence-electron chi connectivity index (χ1n) is 5.30. The number of rotatable bonds is 5. The average Bonchev–Trinajstić information content (AvgIpc) is 2.35. The number of benzene rings is 1. The van der Waals surface area contributed by atoms with Gasteiger partial charge in [-0.05, 0) is 18.6 Å². The van der Waals surface area contributed by atoms with Crippen LogP contribution < -0.4 is 11.1 Å². The summed E-state index contributed by atoms with van der Waals surface area (Å²) in [6.07, 6.45) is 5.91. The molecule has 0 aliphatic heterocycles. The minimum Gasteiger partial charge on any atom is -0.366 e. The molecule has 0 bridgehead atoms. The number of hydrogen-bond acceptors (Lipinski definition) is 4. The van der Waals surface area contributed by atoms with Crippen LogP contribution in [0.4, 0.5) is 11.4 Å². The fourth-order valence-corrected chi connectivity index (χ4v) is 1.41. The highest BCUT2D eigenvalue weighted by molar-refractivity contribution is 5.94. The first-order valence-corrected chi connectivity index (χ1v) is 5.30. The number of nitrogens with one attached hydrogen (secondary N) is 1. The van der Waals surface area contributed by atoms with Crippen molar-refractivity contribution >= 4 is 17.3 Å². The number of nitrogens with two attached hydrogens (primary N) is 1. The van der Waals surface area contributed by atoms with Gasteiger partial charge in [0.2, 0.25) is 5.91 Å². The summed E-state index contributed by atoms with van der Waals surface area (Å²) in [5.74, 6) is 1.76. The molecule has 0 saturated heterocycles. The fraction of sp³-hybridized carbons (Fsp3) is 0.250. The number of anilines is 1. The SMILES string of the molecule is C#CC(CC)Nc1ccc(C(N)=O)cc1[N+](=O)[O-]. The van der Waals surface area contributed by atoms with E-state index in [1.54, 1.807) is 0 Å². The second kappa shape index (κ2) is 5.68. The fourth-order valence-electron chi connectivity index (χ4n) is 1.41. The van der Waals surface area contributed by atoms with Gasteiger partial charge in [0.25, 0.3) is 5.69 Å². The lowest BCUT2D eigenvalue weighted by atomic mass is 10.1. The molecule has 1 unspecified atom stereocenters. The molecule has 1 aromatic rings. The molecule has 0 aliphatic rings. The molecule has 1 amide bonds. The van der Waals surface area contributed by atoms with E-state index in [1.807, 2.05) is 6.92 Å². The highest BCUT2D eigenvalue weighted by atomic mass is 16.6. The Balaban J connectivity index is 3.16. The van der Waals surface area contributed by atoms with Crippen LogP contribution in [0.15, 0.2) is 18.2 Å². The summed E-state index contributed by atoms with van der Waals surface area (Å²) in [5, 5.41) is 13.8. The molecule has 0 heterocycles. The van der Waals surface area contributed by atoms with E-state index in [4.69, 9.17) is 12.2 Å². The summed E-state index contributed by atoms with van der Waals surface area (Å²) in [6.45, 7) is 1.86. The van der Waals surface area contributed by atoms with Crippen molar-refractivity contribution in [3.63, 3.8) is 0 Å². The normalized spacial score (nSPS) is 11.3. The maximum atomic E-state index is 11.0. The molecule has 0 saturated carbocycles. The predicted molar refractivity (Wildman–Crippen MR) is 68.1 cm³/mol. The van der Waals surface area contributed by atoms with Gasteiger partial charge >= 0.3 is 0 Å². The van der Waals surface area contributed by atoms with Crippen molar-refractivity contribution in [2.45, 2.75) is 19.4 Å². The van der Waals surface area contributed by atoms with Crippen molar-refractivity contribution in [3.05, 3.63) is 33.9 Å². The Morgan fingerprint density at radius 3 is 2.78 bits per heavy atom. The van der Waals surface area contributed by atoms with Crippen LogP contribution in [0.5, 0.6) is 0 Å². The second-order valence-corrected chi connectivity index (χ2v) is 3.63. The number of terminal acetylenes is 1. The molecule has 18 heavy (non-hydrogen) atoms. The van der Waals surface area contributed by atoms with Gasteiger partial charge < -0.3 is 11.1 Å². The van der Waals surface area contributed by atoms with Crippen LogP contribution in [-0.2, 0) is 0 Å². The van der Waals surface area contributed by atoms with Crippen molar-refractivity contribution in [3.8, 4) is 12.3 Å². The van der Waals surface area contributed by atoms with Crippen LogP contribution in [0.25, 0.3) is 0 Å². The summed E-state index contributed by atoms with van der Waals surface area (Å²) in [5.41, 5.74) is 5.21.